The zero-order valence-corrected chi connectivity index (χ0v) is 10.9. The molecule has 0 aliphatic rings. The van der Waals surface area contributed by atoms with E-state index in [9.17, 15) is 4.79 Å². The highest BCUT2D eigenvalue weighted by Crippen LogP contribution is 2.20. The zero-order valence-electron chi connectivity index (χ0n) is 10.9. The number of carbonyl (C=O) groups excluding carboxylic acids is 1. The number of nitrogens with one attached hydrogen (secondary N) is 3. The molecule has 0 aliphatic carbocycles. The van der Waals surface area contributed by atoms with Gasteiger partial charge in [0, 0.05) is 16.5 Å². The number of hydrogen-bond donors (Lipinski definition) is 3. The maximum Gasteiger partial charge on any atom is 0.256 e. The van der Waals surface area contributed by atoms with Crippen molar-refractivity contribution in [1.82, 2.24) is 20.4 Å². The summed E-state index contributed by atoms with van der Waals surface area (Å²) in [5.41, 5.74) is 3.03. The maximum absolute atomic E-state index is 12.4. The third kappa shape index (κ3) is 1.93. The molecule has 21 heavy (non-hydrogen) atoms. The van der Waals surface area contributed by atoms with Gasteiger partial charge in [-0.15, -0.1) is 0 Å². The van der Waals surface area contributed by atoms with E-state index in [2.05, 4.69) is 25.7 Å². The molecular formula is C15H11N5O. The molecule has 2 aromatic heterocycles. The number of fused-ring (bicyclic) bond motifs is 2. The van der Waals surface area contributed by atoms with Crippen LogP contribution >= 0.6 is 0 Å². The number of anilines is 1. The third-order valence-corrected chi connectivity index (χ3v) is 3.43. The van der Waals surface area contributed by atoms with E-state index in [1.165, 1.54) is 0 Å². The highest BCUT2D eigenvalue weighted by molar-refractivity contribution is 6.12. The number of aromatic amines is 2. The summed E-state index contributed by atoms with van der Waals surface area (Å²) in [6.07, 6.45) is 3.40. The normalized spacial score (nSPS) is 11.0. The quantitative estimate of drug-likeness (QED) is 0.526. The Morgan fingerprint density at radius 3 is 2.81 bits per heavy atom. The fraction of sp³-hybridized carbons (Fsp3) is 0. The topological polar surface area (TPSA) is 86.5 Å². The molecule has 0 saturated carbocycles. The van der Waals surface area contributed by atoms with E-state index in [-0.39, 0.29) is 5.91 Å². The number of benzene rings is 2. The van der Waals surface area contributed by atoms with Gasteiger partial charge in [0.05, 0.1) is 29.0 Å². The summed E-state index contributed by atoms with van der Waals surface area (Å²) in [4.78, 5) is 12.4. The minimum atomic E-state index is -0.166. The lowest BCUT2D eigenvalue weighted by molar-refractivity contribution is 0.102. The fourth-order valence-corrected chi connectivity index (χ4v) is 2.38. The summed E-state index contributed by atoms with van der Waals surface area (Å²) < 4.78 is 0. The van der Waals surface area contributed by atoms with E-state index in [1.54, 1.807) is 18.5 Å². The van der Waals surface area contributed by atoms with Gasteiger partial charge in [-0.1, -0.05) is 6.07 Å². The van der Waals surface area contributed by atoms with Crippen LogP contribution < -0.4 is 5.32 Å². The number of carbonyl (C=O) groups is 1. The van der Waals surface area contributed by atoms with Gasteiger partial charge in [-0.2, -0.15) is 10.2 Å². The van der Waals surface area contributed by atoms with Crippen molar-refractivity contribution in [3.63, 3.8) is 0 Å². The molecule has 0 saturated heterocycles. The minimum Gasteiger partial charge on any atom is -0.322 e. The van der Waals surface area contributed by atoms with Crippen LogP contribution in [0, 0.1) is 0 Å². The van der Waals surface area contributed by atoms with Crippen LogP contribution in [0.3, 0.4) is 0 Å². The molecule has 2 heterocycles. The molecule has 0 bridgehead atoms. The maximum atomic E-state index is 12.4. The zero-order chi connectivity index (χ0) is 14.2. The lowest BCUT2D eigenvalue weighted by atomic mass is 10.1. The van der Waals surface area contributed by atoms with Gasteiger partial charge < -0.3 is 5.32 Å². The first kappa shape index (κ1) is 11.7. The second-order valence-electron chi connectivity index (χ2n) is 4.76. The van der Waals surface area contributed by atoms with Crippen molar-refractivity contribution >= 4 is 33.4 Å². The van der Waals surface area contributed by atoms with E-state index >= 15 is 0 Å². The summed E-state index contributed by atoms with van der Waals surface area (Å²) in [7, 11) is 0. The molecule has 4 rings (SSSR count). The first-order valence-electron chi connectivity index (χ1n) is 6.48. The van der Waals surface area contributed by atoms with Crippen molar-refractivity contribution in [3.05, 3.63) is 54.4 Å². The van der Waals surface area contributed by atoms with Crippen LogP contribution in [0.15, 0.2) is 48.8 Å². The highest BCUT2D eigenvalue weighted by Gasteiger charge is 2.11. The van der Waals surface area contributed by atoms with E-state index < -0.39 is 0 Å². The van der Waals surface area contributed by atoms with Crippen molar-refractivity contribution in [2.45, 2.75) is 0 Å². The van der Waals surface area contributed by atoms with Crippen molar-refractivity contribution in [2.24, 2.45) is 0 Å². The van der Waals surface area contributed by atoms with Crippen LogP contribution in [0.4, 0.5) is 5.69 Å². The molecule has 0 spiro atoms. The van der Waals surface area contributed by atoms with Gasteiger partial charge in [0.1, 0.15) is 0 Å². The molecule has 3 N–H and O–H groups in total. The summed E-state index contributed by atoms with van der Waals surface area (Å²) in [5.74, 6) is -0.166. The van der Waals surface area contributed by atoms with Gasteiger partial charge in [-0.25, -0.2) is 0 Å². The predicted molar refractivity (Wildman–Crippen MR) is 80.1 cm³/mol. The predicted octanol–water partition coefficient (Wildman–Crippen LogP) is 2.69. The molecule has 0 unspecified atom stereocenters. The Labute approximate surface area is 119 Å². The average molecular weight is 277 g/mol. The van der Waals surface area contributed by atoms with Gasteiger partial charge >= 0.3 is 0 Å². The number of H-pyrrole nitrogens is 2. The molecule has 0 aliphatic heterocycles. The second-order valence-corrected chi connectivity index (χ2v) is 4.76. The summed E-state index contributed by atoms with van der Waals surface area (Å²) >= 11 is 0. The van der Waals surface area contributed by atoms with E-state index in [4.69, 9.17) is 0 Å². The van der Waals surface area contributed by atoms with Crippen molar-refractivity contribution in [3.8, 4) is 0 Å². The molecular weight excluding hydrogens is 266 g/mol. The largest absolute Gasteiger partial charge is 0.322 e. The Morgan fingerprint density at radius 2 is 1.86 bits per heavy atom. The van der Waals surface area contributed by atoms with E-state index in [0.717, 1.165) is 27.5 Å². The Hall–Kier alpha value is -3.15. The Kier molecular flexibility index (Phi) is 2.47. The van der Waals surface area contributed by atoms with Crippen LogP contribution in [0.1, 0.15) is 10.4 Å². The van der Waals surface area contributed by atoms with Crippen LogP contribution in [0.5, 0.6) is 0 Å². The smallest absolute Gasteiger partial charge is 0.256 e. The van der Waals surface area contributed by atoms with Gasteiger partial charge in [-0.05, 0) is 30.3 Å². The number of amides is 1. The first-order valence-corrected chi connectivity index (χ1v) is 6.48. The van der Waals surface area contributed by atoms with Gasteiger partial charge in [-0.3, -0.25) is 15.0 Å². The van der Waals surface area contributed by atoms with Gasteiger partial charge in [0.2, 0.25) is 0 Å². The van der Waals surface area contributed by atoms with E-state index in [1.807, 2.05) is 30.3 Å². The number of rotatable bonds is 2. The summed E-state index contributed by atoms with van der Waals surface area (Å²) in [5, 5.41) is 18.4. The fourth-order valence-electron chi connectivity index (χ4n) is 2.38. The monoisotopic (exact) mass is 277 g/mol. The Balaban J connectivity index is 1.70. The van der Waals surface area contributed by atoms with Crippen molar-refractivity contribution in [1.29, 1.82) is 0 Å². The molecule has 0 fully saturated rings. The van der Waals surface area contributed by atoms with Crippen molar-refractivity contribution in [2.75, 3.05) is 5.32 Å². The SMILES string of the molecule is O=C(Nc1ccc2cn[nH]c2c1)c1cccc2[nH]ncc12. The molecule has 6 nitrogen and oxygen atoms in total. The molecule has 102 valence electrons. The number of aromatic nitrogens is 4. The third-order valence-electron chi connectivity index (χ3n) is 3.43. The second kappa shape index (κ2) is 4.45. The average Bonchev–Trinajstić information content (AvgIpc) is 3.14. The van der Waals surface area contributed by atoms with Crippen molar-refractivity contribution < 1.29 is 4.79 Å². The molecule has 1 amide bonds. The van der Waals surface area contributed by atoms with Crippen LogP contribution in [0.2, 0.25) is 0 Å². The number of nitrogens with zero attached hydrogens (tertiary/aromatic N) is 2. The summed E-state index contributed by atoms with van der Waals surface area (Å²) in [6.45, 7) is 0. The standard InChI is InChI=1S/C15H11N5O/c21-15(11-2-1-3-13-12(11)8-17-19-13)18-10-5-4-9-7-16-20-14(9)6-10/h1-8H,(H,16,20)(H,17,19)(H,18,21). The lowest BCUT2D eigenvalue weighted by Gasteiger charge is -2.06. The van der Waals surface area contributed by atoms with Gasteiger partial charge in [0.25, 0.3) is 5.91 Å². The Morgan fingerprint density at radius 1 is 1.00 bits per heavy atom. The van der Waals surface area contributed by atoms with Gasteiger partial charge in [0.15, 0.2) is 0 Å². The summed E-state index contributed by atoms with van der Waals surface area (Å²) in [6, 6.07) is 11.1. The molecule has 4 aromatic rings. The Bertz CT molecular complexity index is 953. The molecule has 6 heteroatoms. The van der Waals surface area contributed by atoms with Crippen LogP contribution in [0.25, 0.3) is 21.8 Å². The van der Waals surface area contributed by atoms with Crippen LogP contribution in [-0.4, -0.2) is 26.3 Å². The van der Waals surface area contributed by atoms with E-state index in [0.29, 0.717) is 5.56 Å². The number of hydrogen-bond acceptors (Lipinski definition) is 3. The highest BCUT2D eigenvalue weighted by atomic mass is 16.1. The first-order chi connectivity index (χ1) is 10.3. The minimum absolute atomic E-state index is 0.166. The molecule has 2 aromatic carbocycles. The molecule has 0 atom stereocenters. The molecule has 0 radical (unpaired) electrons. The lowest BCUT2D eigenvalue weighted by Crippen LogP contribution is -2.12. The van der Waals surface area contributed by atoms with Crippen LogP contribution in [-0.2, 0) is 0 Å².